The van der Waals surface area contributed by atoms with Crippen LogP contribution in [0.25, 0.3) is 0 Å². The van der Waals surface area contributed by atoms with E-state index < -0.39 is 23.0 Å². The molecule has 0 fully saturated rings. The largest absolute Gasteiger partial charge is 0.396 e. The first kappa shape index (κ1) is 10.2. The predicted octanol–water partition coefficient (Wildman–Crippen LogP) is 1.89. The topological polar surface area (TPSA) is 46.5 Å². The van der Waals surface area contributed by atoms with Crippen LogP contribution in [0.3, 0.4) is 0 Å². The van der Waals surface area contributed by atoms with Gasteiger partial charge in [0.05, 0.1) is 5.56 Å². The Morgan fingerprint density at radius 1 is 1.31 bits per heavy atom. The molecular weight excluding hydrogens is 202 g/mol. The lowest BCUT2D eigenvalue weighted by atomic mass is 10.2. The van der Waals surface area contributed by atoms with Gasteiger partial charge in [0.1, 0.15) is 0 Å². The molecule has 0 spiro atoms. The highest BCUT2D eigenvalue weighted by Gasteiger charge is 2.35. The first-order valence-corrected chi connectivity index (χ1v) is 4.29. The number of alkyl halides is 2. The van der Waals surface area contributed by atoms with Crippen molar-refractivity contribution in [2.75, 3.05) is 0 Å². The highest BCUT2D eigenvalue weighted by Crippen LogP contribution is 2.29. The molecule has 1 aromatic rings. The fourth-order valence-electron chi connectivity index (χ4n) is 0.770. The zero-order valence-corrected chi connectivity index (χ0v) is 7.13. The molecule has 0 aromatic heterocycles. The third-order valence-corrected chi connectivity index (χ3v) is 1.64. The fourth-order valence-corrected chi connectivity index (χ4v) is 1.05. The Labute approximate surface area is 75.8 Å². The van der Waals surface area contributed by atoms with E-state index in [0.29, 0.717) is 0 Å². The van der Waals surface area contributed by atoms with Crippen LogP contribution < -0.4 is 0 Å². The predicted molar refractivity (Wildman–Crippen MR) is 42.2 cm³/mol. The Hall–Kier alpha value is -0.850. The molecule has 72 valence electrons. The summed E-state index contributed by atoms with van der Waals surface area (Å²) in [5, 5.41) is 0. The average molecular weight is 208 g/mol. The van der Waals surface area contributed by atoms with Crippen molar-refractivity contribution >= 4 is 11.4 Å². The van der Waals surface area contributed by atoms with Crippen molar-refractivity contribution in [3.05, 3.63) is 35.9 Å². The summed E-state index contributed by atoms with van der Waals surface area (Å²) in [6.45, 7) is 0. The second-order valence-corrected chi connectivity index (χ2v) is 2.78. The molecule has 1 rings (SSSR count). The van der Waals surface area contributed by atoms with E-state index >= 15 is 0 Å². The second-order valence-electron chi connectivity index (χ2n) is 2.18. The van der Waals surface area contributed by atoms with E-state index in [9.17, 15) is 13.0 Å². The zero-order chi connectivity index (χ0) is 9.90. The third kappa shape index (κ3) is 2.83. The van der Waals surface area contributed by atoms with E-state index in [1.54, 1.807) is 6.07 Å². The number of rotatable bonds is 3. The fraction of sp³-hybridized carbons (Fsp3) is 0.143. The van der Waals surface area contributed by atoms with Gasteiger partial charge in [-0.15, -0.1) is 0 Å². The molecule has 0 aliphatic rings. The van der Waals surface area contributed by atoms with E-state index in [0.717, 1.165) is 12.1 Å². The van der Waals surface area contributed by atoms with E-state index in [2.05, 4.69) is 4.18 Å². The van der Waals surface area contributed by atoms with Crippen LogP contribution in [0.15, 0.2) is 30.3 Å². The normalized spacial score (nSPS) is 14.1. The highest BCUT2D eigenvalue weighted by atomic mass is 32.2. The van der Waals surface area contributed by atoms with Gasteiger partial charge in [0.25, 0.3) is 0 Å². The highest BCUT2D eigenvalue weighted by molar-refractivity contribution is 7.74. The molecule has 0 bridgehead atoms. The molecule has 6 heteroatoms. The van der Waals surface area contributed by atoms with Crippen LogP contribution in [0.5, 0.6) is 0 Å². The van der Waals surface area contributed by atoms with Crippen molar-refractivity contribution < 1.29 is 21.7 Å². The van der Waals surface area contributed by atoms with Gasteiger partial charge in [-0.3, -0.25) is 4.55 Å². The lowest BCUT2D eigenvalue weighted by Gasteiger charge is -2.12. The molecule has 0 radical (unpaired) electrons. The molecule has 13 heavy (non-hydrogen) atoms. The van der Waals surface area contributed by atoms with Gasteiger partial charge in [-0.25, -0.2) is 0 Å². The van der Waals surface area contributed by atoms with Crippen LogP contribution in [0.2, 0.25) is 0 Å². The summed E-state index contributed by atoms with van der Waals surface area (Å²) in [7, 11) is 0. The molecule has 0 heterocycles. The molecule has 1 aromatic carbocycles. The maximum absolute atomic E-state index is 12.8. The summed E-state index contributed by atoms with van der Waals surface area (Å²) < 4.78 is 47.3. The summed E-state index contributed by atoms with van der Waals surface area (Å²) in [5.41, 5.74) is -0.461. The van der Waals surface area contributed by atoms with E-state index in [-0.39, 0.29) is 0 Å². The first-order valence-electron chi connectivity index (χ1n) is 3.26. The van der Waals surface area contributed by atoms with Crippen LogP contribution in [-0.4, -0.2) is 8.76 Å². The molecule has 0 saturated carbocycles. The van der Waals surface area contributed by atoms with E-state index in [1.165, 1.54) is 12.1 Å². The lowest BCUT2D eigenvalue weighted by molar-refractivity contribution is -0.182. The van der Waals surface area contributed by atoms with Gasteiger partial charge >= 0.3 is 17.5 Å². The Morgan fingerprint density at radius 2 is 1.85 bits per heavy atom. The smallest absolute Gasteiger partial charge is 0.284 e. The average Bonchev–Trinajstić information content (AvgIpc) is 2.04. The van der Waals surface area contributed by atoms with Gasteiger partial charge in [-0.05, 0) is 0 Å². The lowest BCUT2D eigenvalue weighted by Crippen LogP contribution is -2.19. The standard InChI is InChI=1S/C7H6F2O3S/c8-7(9,12-13(10)11)6-4-2-1-3-5-6/h1-5H,(H,10,11). The maximum Gasteiger partial charge on any atom is 0.396 e. The van der Waals surface area contributed by atoms with Gasteiger partial charge in [0.2, 0.25) is 0 Å². The van der Waals surface area contributed by atoms with E-state index in [1.807, 2.05) is 0 Å². The first-order chi connectivity index (χ1) is 6.02. The summed E-state index contributed by atoms with van der Waals surface area (Å²) in [5.74, 6) is 0. The number of hydrogen-bond acceptors (Lipinski definition) is 2. The van der Waals surface area contributed by atoms with Crippen molar-refractivity contribution in [2.24, 2.45) is 0 Å². The van der Waals surface area contributed by atoms with Gasteiger partial charge < -0.3 is 0 Å². The minimum atomic E-state index is -3.74. The van der Waals surface area contributed by atoms with Crippen molar-refractivity contribution in [1.82, 2.24) is 0 Å². The Balaban J connectivity index is 2.87. The summed E-state index contributed by atoms with van der Waals surface area (Å²) >= 11 is -2.99. The summed E-state index contributed by atoms with van der Waals surface area (Å²) in [6, 6.07) is 6.52. The second kappa shape index (κ2) is 3.91. The monoisotopic (exact) mass is 208 g/mol. The minimum Gasteiger partial charge on any atom is -0.284 e. The number of benzene rings is 1. The molecule has 0 amide bonds. The molecule has 0 aliphatic heterocycles. The molecule has 1 unspecified atom stereocenters. The van der Waals surface area contributed by atoms with Gasteiger partial charge in [-0.2, -0.15) is 17.2 Å². The summed E-state index contributed by atoms with van der Waals surface area (Å²) in [6.07, 6.45) is -3.74. The van der Waals surface area contributed by atoms with Crippen LogP contribution in [0.4, 0.5) is 8.78 Å². The van der Waals surface area contributed by atoms with Crippen molar-refractivity contribution in [3.63, 3.8) is 0 Å². The molecule has 1 N–H and O–H groups in total. The van der Waals surface area contributed by atoms with E-state index in [4.69, 9.17) is 4.55 Å². The zero-order valence-electron chi connectivity index (χ0n) is 6.31. The third-order valence-electron chi connectivity index (χ3n) is 1.29. The van der Waals surface area contributed by atoms with Crippen LogP contribution in [0.1, 0.15) is 5.56 Å². The summed E-state index contributed by atoms with van der Waals surface area (Å²) in [4.78, 5) is 0. The number of halogens is 2. The molecule has 0 saturated heterocycles. The number of hydrogen-bond donors (Lipinski definition) is 1. The molecular formula is C7H6F2O3S. The molecule has 1 atom stereocenters. The Kier molecular flexibility index (Phi) is 3.07. The quantitative estimate of drug-likeness (QED) is 0.771. The van der Waals surface area contributed by atoms with Crippen molar-refractivity contribution in [3.8, 4) is 0 Å². The van der Waals surface area contributed by atoms with Crippen LogP contribution in [0, 0.1) is 0 Å². The Bertz CT molecular complexity index is 302. The van der Waals surface area contributed by atoms with Gasteiger partial charge in [0, 0.05) is 0 Å². The van der Waals surface area contributed by atoms with Crippen molar-refractivity contribution in [2.45, 2.75) is 6.11 Å². The van der Waals surface area contributed by atoms with Crippen LogP contribution >= 0.6 is 0 Å². The maximum atomic E-state index is 12.8. The van der Waals surface area contributed by atoms with Gasteiger partial charge in [0.15, 0.2) is 0 Å². The minimum absolute atomic E-state index is 0.461. The molecule has 0 aliphatic carbocycles. The van der Waals surface area contributed by atoms with Crippen molar-refractivity contribution in [1.29, 1.82) is 0 Å². The molecule has 3 nitrogen and oxygen atoms in total. The van der Waals surface area contributed by atoms with Crippen LogP contribution in [-0.2, 0) is 21.7 Å². The SMILES string of the molecule is O=S(O)OC(F)(F)c1ccccc1. The Morgan fingerprint density at radius 3 is 2.31 bits per heavy atom. The van der Waals surface area contributed by atoms with Gasteiger partial charge in [-0.1, -0.05) is 30.3 Å².